The second-order valence-electron chi connectivity index (χ2n) is 6.28. The van der Waals surface area contributed by atoms with Gasteiger partial charge in [0.15, 0.2) is 6.61 Å². The summed E-state index contributed by atoms with van der Waals surface area (Å²) in [6.45, 7) is -0.481. The predicted octanol–water partition coefficient (Wildman–Crippen LogP) is 4.08. The number of amides is 1. The van der Waals surface area contributed by atoms with Gasteiger partial charge >= 0.3 is 5.97 Å². The number of hydrogen-bond donors (Lipinski definition) is 1. The van der Waals surface area contributed by atoms with Gasteiger partial charge in [0.2, 0.25) is 0 Å². The Morgan fingerprint density at radius 1 is 0.857 bits per heavy atom. The summed E-state index contributed by atoms with van der Waals surface area (Å²) >= 11 is 0. The van der Waals surface area contributed by atoms with E-state index in [4.69, 9.17) is 4.74 Å². The Labute approximate surface area is 163 Å². The molecule has 1 atom stereocenters. The fourth-order valence-electron chi connectivity index (χ4n) is 2.86. The molecule has 28 heavy (non-hydrogen) atoms. The van der Waals surface area contributed by atoms with E-state index in [0.717, 1.165) is 11.1 Å². The lowest BCUT2D eigenvalue weighted by atomic mass is 9.99. The number of nitrogens with one attached hydrogen (secondary N) is 1. The monoisotopic (exact) mass is 377 g/mol. The van der Waals surface area contributed by atoms with Crippen LogP contribution in [0.4, 0.5) is 4.39 Å². The lowest BCUT2D eigenvalue weighted by molar-refractivity contribution is -0.125. The molecule has 0 spiro atoms. The quantitative estimate of drug-likeness (QED) is 0.631. The summed E-state index contributed by atoms with van der Waals surface area (Å²) in [5.74, 6) is -2.00. The summed E-state index contributed by atoms with van der Waals surface area (Å²) in [7, 11) is 0. The van der Waals surface area contributed by atoms with Crippen LogP contribution in [-0.2, 0) is 16.0 Å². The van der Waals surface area contributed by atoms with Crippen molar-refractivity contribution >= 4 is 11.9 Å². The molecule has 1 N–H and O–H groups in total. The minimum Gasteiger partial charge on any atom is -0.452 e. The van der Waals surface area contributed by atoms with Crippen LogP contribution in [0.2, 0.25) is 0 Å². The Morgan fingerprint density at radius 2 is 1.46 bits per heavy atom. The number of benzene rings is 3. The molecule has 0 aliphatic carbocycles. The van der Waals surface area contributed by atoms with Gasteiger partial charge in [0.05, 0.1) is 11.6 Å². The molecule has 5 heteroatoms. The van der Waals surface area contributed by atoms with Crippen LogP contribution in [-0.4, -0.2) is 18.5 Å². The van der Waals surface area contributed by atoms with Crippen LogP contribution in [0.1, 0.15) is 27.5 Å². The molecule has 4 nitrogen and oxygen atoms in total. The highest BCUT2D eigenvalue weighted by atomic mass is 19.1. The van der Waals surface area contributed by atoms with Gasteiger partial charge in [0.1, 0.15) is 5.82 Å². The van der Waals surface area contributed by atoms with E-state index >= 15 is 0 Å². The molecule has 0 aliphatic rings. The molecule has 0 bridgehead atoms. The molecule has 142 valence electrons. The largest absolute Gasteiger partial charge is 0.452 e. The molecule has 0 saturated carbocycles. The van der Waals surface area contributed by atoms with Crippen molar-refractivity contribution in [1.82, 2.24) is 5.32 Å². The first-order valence-electron chi connectivity index (χ1n) is 8.93. The van der Waals surface area contributed by atoms with Crippen molar-refractivity contribution in [2.75, 3.05) is 6.61 Å². The molecule has 0 saturated heterocycles. The molecule has 0 aromatic heterocycles. The van der Waals surface area contributed by atoms with Crippen molar-refractivity contribution in [2.24, 2.45) is 0 Å². The fraction of sp³-hybridized carbons (Fsp3) is 0.130. The Hall–Kier alpha value is -3.47. The molecule has 0 fully saturated rings. The minimum atomic E-state index is -0.868. The van der Waals surface area contributed by atoms with Crippen molar-refractivity contribution in [3.63, 3.8) is 0 Å². The van der Waals surface area contributed by atoms with Gasteiger partial charge < -0.3 is 10.1 Å². The molecule has 0 heterocycles. The smallest absolute Gasteiger partial charge is 0.341 e. The number of esters is 1. The van der Waals surface area contributed by atoms with Crippen LogP contribution in [0.5, 0.6) is 0 Å². The maximum atomic E-state index is 13.6. The Bertz CT molecular complexity index is 929. The third-order valence-corrected chi connectivity index (χ3v) is 4.25. The van der Waals surface area contributed by atoms with E-state index in [0.29, 0.717) is 6.42 Å². The van der Waals surface area contributed by atoms with Crippen molar-refractivity contribution in [1.29, 1.82) is 0 Å². The van der Waals surface area contributed by atoms with Crippen LogP contribution >= 0.6 is 0 Å². The number of hydrogen-bond acceptors (Lipinski definition) is 3. The van der Waals surface area contributed by atoms with Gasteiger partial charge in [0, 0.05) is 0 Å². The molecular weight excluding hydrogens is 357 g/mol. The molecule has 1 unspecified atom stereocenters. The maximum Gasteiger partial charge on any atom is 0.341 e. The van der Waals surface area contributed by atoms with Crippen LogP contribution in [0, 0.1) is 5.82 Å². The molecule has 3 aromatic rings. The average molecular weight is 377 g/mol. The van der Waals surface area contributed by atoms with Crippen molar-refractivity contribution in [2.45, 2.75) is 12.5 Å². The highest BCUT2D eigenvalue weighted by molar-refractivity contribution is 5.91. The van der Waals surface area contributed by atoms with Crippen LogP contribution in [0.15, 0.2) is 84.9 Å². The number of carbonyl (C=O) groups excluding carboxylic acids is 2. The second-order valence-corrected chi connectivity index (χ2v) is 6.28. The highest BCUT2D eigenvalue weighted by Gasteiger charge is 2.18. The summed E-state index contributed by atoms with van der Waals surface area (Å²) in [5.41, 5.74) is 1.82. The lowest BCUT2D eigenvalue weighted by Crippen LogP contribution is -2.33. The summed E-state index contributed by atoms with van der Waals surface area (Å²) < 4.78 is 18.6. The topological polar surface area (TPSA) is 55.4 Å². The molecule has 1 amide bonds. The van der Waals surface area contributed by atoms with Crippen LogP contribution in [0.3, 0.4) is 0 Å². The summed E-state index contributed by atoms with van der Waals surface area (Å²) in [4.78, 5) is 24.3. The van der Waals surface area contributed by atoms with Crippen molar-refractivity contribution in [3.8, 4) is 0 Å². The number of carbonyl (C=O) groups is 2. The van der Waals surface area contributed by atoms with Crippen molar-refractivity contribution < 1.29 is 18.7 Å². The van der Waals surface area contributed by atoms with Gasteiger partial charge in [-0.25, -0.2) is 9.18 Å². The summed E-state index contributed by atoms with van der Waals surface area (Å²) in [6, 6.07) is 24.6. The third kappa shape index (κ3) is 5.27. The van der Waals surface area contributed by atoms with Crippen LogP contribution in [0.25, 0.3) is 0 Å². The molecular formula is C23H20FNO3. The summed E-state index contributed by atoms with van der Waals surface area (Å²) in [5, 5.41) is 2.89. The first kappa shape index (κ1) is 19.3. The number of halogens is 1. The van der Waals surface area contributed by atoms with Gasteiger partial charge in [-0.3, -0.25) is 4.79 Å². The lowest BCUT2D eigenvalue weighted by Gasteiger charge is -2.19. The van der Waals surface area contributed by atoms with E-state index in [-0.39, 0.29) is 11.6 Å². The van der Waals surface area contributed by atoms with Gasteiger partial charge in [-0.15, -0.1) is 0 Å². The van der Waals surface area contributed by atoms with E-state index in [1.807, 2.05) is 60.7 Å². The zero-order valence-corrected chi connectivity index (χ0v) is 15.2. The first-order chi connectivity index (χ1) is 13.6. The standard InChI is InChI=1S/C23H20FNO3/c24-20-14-8-7-13-19(20)23(27)28-16-22(26)25-21(18-11-5-2-6-12-18)15-17-9-3-1-4-10-17/h1-14,21H,15-16H2,(H,25,26). The van der Waals surface area contributed by atoms with E-state index in [2.05, 4.69) is 5.32 Å². The fourth-order valence-corrected chi connectivity index (χ4v) is 2.86. The number of rotatable bonds is 7. The zero-order valence-electron chi connectivity index (χ0n) is 15.2. The summed E-state index contributed by atoms with van der Waals surface area (Å²) in [6.07, 6.45) is 0.595. The average Bonchev–Trinajstić information content (AvgIpc) is 2.73. The van der Waals surface area contributed by atoms with E-state index in [1.54, 1.807) is 0 Å². The SMILES string of the molecule is O=C(COC(=O)c1ccccc1F)NC(Cc1ccccc1)c1ccccc1. The minimum absolute atomic E-state index is 0.195. The van der Waals surface area contributed by atoms with Crippen LogP contribution < -0.4 is 5.32 Å². The zero-order chi connectivity index (χ0) is 19.8. The molecule has 3 rings (SSSR count). The Morgan fingerprint density at radius 3 is 2.14 bits per heavy atom. The van der Waals surface area contributed by atoms with Gasteiger partial charge in [-0.1, -0.05) is 72.8 Å². The van der Waals surface area contributed by atoms with Gasteiger partial charge in [-0.2, -0.15) is 0 Å². The van der Waals surface area contributed by atoms with Gasteiger partial charge in [-0.05, 0) is 29.7 Å². The molecule has 0 radical (unpaired) electrons. The van der Waals surface area contributed by atoms with Crippen molar-refractivity contribution in [3.05, 3.63) is 107 Å². The van der Waals surface area contributed by atoms with E-state index in [9.17, 15) is 14.0 Å². The van der Waals surface area contributed by atoms with Gasteiger partial charge in [0.25, 0.3) is 5.91 Å². The Balaban J connectivity index is 1.64. The first-order valence-corrected chi connectivity index (χ1v) is 8.93. The maximum absolute atomic E-state index is 13.6. The third-order valence-electron chi connectivity index (χ3n) is 4.25. The molecule has 0 aliphatic heterocycles. The Kier molecular flexibility index (Phi) is 6.52. The highest BCUT2D eigenvalue weighted by Crippen LogP contribution is 2.18. The predicted molar refractivity (Wildman–Crippen MR) is 104 cm³/mol. The number of ether oxygens (including phenoxy) is 1. The molecule has 3 aromatic carbocycles. The van der Waals surface area contributed by atoms with E-state index < -0.39 is 24.3 Å². The van der Waals surface area contributed by atoms with E-state index in [1.165, 1.54) is 24.3 Å². The second kappa shape index (κ2) is 9.46. The normalized spacial score (nSPS) is 11.5.